The molecule has 6 nitrogen and oxygen atoms in total. The fourth-order valence-corrected chi connectivity index (χ4v) is 4.48. The van der Waals surface area contributed by atoms with Crippen LogP contribution in [0.4, 0.5) is 5.13 Å². The van der Waals surface area contributed by atoms with Crippen molar-refractivity contribution in [2.75, 3.05) is 11.9 Å². The number of fused-ring (bicyclic) bond motifs is 1. The highest BCUT2D eigenvalue weighted by Crippen LogP contribution is 2.27. The van der Waals surface area contributed by atoms with Gasteiger partial charge in [0.25, 0.3) is 17.7 Å². The van der Waals surface area contributed by atoms with Crippen molar-refractivity contribution in [2.24, 2.45) is 0 Å². The second-order valence-electron chi connectivity index (χ2n) is 7.62. The summed E-state index contributed by atoms with van der Waals surface area (Å²) < 4.78 is 0. The minimum Gasteiger partial charge on any atom is -0.298 e. The van der Waals surface area contributed by atoms with E-state index in [1.165, 1.54) is 22.3 Å². The summed E-state index contributed by atoms with van der Waals surface area (Å²) in [5.74, 6) is -1.08. The van der Waals surface area contributed by atoms with Crippen LogP contribution in [0.15, 0.2) is 84.2 Å². The lowest BCUT2D eigenvalue weighted by atomic mass is 10.1. The molecule has 0 fully saturated rings. The number of nitrogens with zero attached hydrogens (tertiary/aromatic N) is 2. The molecule has 0 saturated heterocycles. The molecule has 3 amide bonds. The van der Waals surface area contributed by atoms with E-state index < -0.39 is 0 Å². The number of aromatic nitrogens is 1. The van der Waals surface area contributed by atoms with Gasteiger partial charge in [0.15, 0.2) is 5.13 Å². The Labute approximate surface area is 194 Å². The molecular formula is C26H19N3O3S. The van der Waals surface area contributed by atoms with E-state index in [1.807, 2.05) is 66.0 Å². The maximum Gasteiger partial charge on any atom is 0.261 e. The SMILES string of the molecule is O=C(Nc1nc(-c2ccccc2)cs1)c1ccc2c(c1)C(=O)N(CCc1ccccc1)C2=O. The van der Waals surface area contributed by atoms with Crippen molar-refractivity contribution < 1.29 is 14.4 Å². The van der Waals surface area contributed by atoms with E-state index in [9.17, 15) is 14.4 Å². The van der Waals surface area contributed by atoms with Crippen molar-refractivity contribution >= 4 is 34.2 Å². The first-order valence-corrected chi connectivity index (χ1v) is 11.3. The third-order valence-corrected chi connectivity index (χ3v) is 6.25. The average Bonchev–Trinajstić information content (AvgIpc) is 3.41. The van der Waals surface area contributed by atoms with Crippen LogP contribution in [-0.4, -0.2) is 34.2 Å². The van der Waals surface area contributed by atoms with E-state index >= 15 is 0 Å². The molecule has 5 rings (SSSR count). The number of nitrogens with one attached hydrogen (secondary N) is 1. The average molecular weight is 454 g/mol. The molecule has 1 aliphatic heterocycles. The molecular weight excluding hydrogens is 434 g/mol. The molecule has 1 aliphatic rings. The van der Waals surface area contributed by atoms with Gasteiger partial charge >= 0.3 is 0 Å². The normalized spacial score (nSPS) is 12.7. The number of carbonyl (C=O) groups excluding carboxylic acids is 3. The van der Waals surface area contributed by atoms with Gasteiger partial charge in [-0.2, -0.15) is 0 Å². The van der Waals surface area contributed by atoms with Crippen LogP contribution in [0.2, 0.25) is 0 Å². The third-order valence-electron chi connectivity index (χ3n) is 5.49. The molecule has 0 unspecified atom stereocenters. The Kier molecular flexibility index (Phi) is 5.54. The number of anilines is 1. The standard InChI is InChI=1S/C26H19N3O3S/c30-23(28-26-27-22(16-33-26)18-9-5-2-6-10-18)19-11-12-20-21(15-19)25(32)29(24(20)31)14-13-17-7-3-1-4-8-17/h1-12,15-16H,13-14H2,(H,27,28,30). The van der Waals surface area contributed by atoms with Crippen LogP contribution in [0.5, 0.6) is 0 Å². The van der Waals surface area contributed by atoms with Gasteiger partial charge in [-0.3, -0.25) is 24.6 Å². The minimum absolute atomic E-state index is 0.254. The van der Waals surface area contributed by atoms with E-state index in [1.54, 1.807) is 12.1 Å². The smallest absolute Gasteiger partial charge is 0.261 e. The number of carbonyl (C=O) groups is 3. The number of thiazole rings is 1. The Morgan fingerprint density at radius 2 is 1.58 bits per heavy atom. The van der Waals surface area contributed by atoms with Gasteiger partial charge < -0.3 is 0 Å². The molecule has 3 aromatic carbocycles. The molecule has 1 N–H and O–H groups in total. The fraction of sp³-hybridized carbons (Fsp3) is 0.0769. The van der Waals surface area contributed by atoms with Crippen molar-refractivity contribution in [3.63, 3.8) is 0 Å². The summed E-state index contributed by atoms with van der Waals surface area (Å²) >= 11 is 1.33. The quantitative estimate of drug-likeness (QED) is 0.421. The summed E-state index contributed by atoms with van der Waals surface area (Å²) in [4.78, 5) is 44.1. The molecule has 4 aromatic rings. The highest BCUT2D eigenvalue weighted by atomic mass is 32.1. The Morgan fingerprint density at radius 3 is 2.33 bits per heavy atom. The first kappa shape index (κ1) is 20.8. The zero-order valence-electron chi connectivity index (χ0n) is 17.5. The third kappa shape index (κ3) is 4.18. The van der Waals surface area contributed by atoms with Gasteiger partial charge in [-0.1, -0.05) is 60.7 Å². The van der Waals surface area contributed by atoms with Crippen LogP contribution in [0.25, 0.3) is 11.3 Å². The number of imide groups is 1. The van der Waals surface area contributed by atoms with Gasteiger partial charge in [-0.15, -0.1) is 11.3 Å². The number of hydrogen-bond acceptors (Lipinski definition) is 5. The molecule has 33 heavy (non-hydrogen) atoms. The second-order valence-corrected chi connectivity index (χ2v) is 8.47. The van der Waals surface area contributed by atoms with Crippen molar-refractivity contribution in [1.29, 1.82) is 0 Å². The first-order valence-electron chi connectivity index (χ1n) is 10.5. The monoisotopic (exact) mass is 453 g/mol. The summed E-state index contributed by atoms with van der Waals surface area (Å²) in [6, 6.07) is 24.0. The molecule has 0 saturated carbocycles. The summed E-state index contributed by atoms with van der Waals surface area (Å²) in [5.41, 5.74) is 3.67. The van der Waals surface area contributed by atoms with E-state index in [0.717, 1.165) is 16.8 Å². The van der Waals surface area contributed by atoms with Gasteiger partial charge in [0.05, 0.1) is 16.8 Å². The zero-order chi connectivity index (χ0) is 22.8. The largest absolute Gasteiger partial charge is 0.298 e. The van der Waals surface area contributed by atoms with E-state index in [2.05, 4.69) is 10.3 Å². The van der Waals surface area contributed by atoms with Crippen LogP contribution in [-0.2, 0) is 6.42 Å². The lowest BCUT2D eigenvalue weighted by molar-refractivity contribution is 0.0656. The van der Waals surface area contributed by atoms with Gasteiger partial charge in [-0.05, 0) is 30.2 Å². The van der Waals surface area contributed by atoms with Crippen LogP contribution in [0.3, 0.4) is 0 Å². The van der Waals surface area contributed by atoms with Gasteiger partial charge in [0, 0.05) is 23.1 Å². The van der Waals surface area contributed by atoms with Crippen LogP contribution < -0.4 is 5.32 Å². The minimum atomic E-state index is -0.380. The van der Waals surface area contributed by atoms with Crippen molar-refractivity contribution in [3.05, 3.63) is 106 Å². The number of hydrogen-bond donors (Lipinski definition) is 1. The van der Waals surface area contributed by atoms with Crippen molar-refractivity contribution in [3.8, 4) is 11.3 Å². The maximum absolute atomic E-state index is 12.9. The fourth-order valence-electron chi connectivity index (χ4n) is 3.76. The van der Waals surface area contributed by atoms with Gasteiger partial charge in [-0.25, -0.2) is 4.98 Å². The Bertz CT molecular complexity index is 1350. The molecule has 7 heteroatoms. The van der Waals surface area contributed by atoms with Crippen molar-refractivity contribution in [1.82, 2.24) is 9.88 Å². The van der Waals surface area contributed by atoms with Gasteiger partial charge in [0.1, 0.15) is 0 Å². The number of amides is 3. The summed E-state index contributed by atoms with van der Waals surface area (Å²) in [5, 5.41) is 5.12. The molecule has 0 atom stereocenters. The van der Waals surface area contributed by atoms with E-state index in [-0.39, 0.29) is 23.3 Å². The topological polar surface area (TPSA) is 79.4 Å². The van der Waals surface area contributed by atoms with Crippen molar-refractivity contribution in [2.45, 2.75) is 6.42 Å². The van der Waals surface area contributed by atoms with Crippen LogP contribution in [0.1, 0.15) is 36.6 Å². The Hall–Kier alpha value is -4.10. The zero-order valence-corrected chi connectivity index (χ0v) is 18.3. The summed E-state index contributed by atoms with van der Waals surface area (Å²) in [6.45, 7) is 0.291. The van der Waals surface area contributed by atoms with Crippen LogP contribution >= 0.6 is 11.3 Å². The lowest BCUT2D eigenvalue weighted by Gasteiger charge is -2.13. The van der Waals surface area contributed by atoms with Gasteiger partial charge in [0.2, 0.25) is 0 Å². The van der Waals surface area contributed by atoms with Crippen LogP contribution in [0, 0.1) is 0 Å². The lowest BCUT2D eigenvalue weighted by Crippen LogP contribution is -2.31. The molecule has 1 aromatic heterocycles. The molecule has 2 heterocycles. The highest BCUT2D eigenvalue weighted by Gasteiger charge is 2.35. The predicted octanol–water partition coefficient (Wildman–Crippen LogP) is 4.90. The Morgan fingerprint density at radius 1 is 0.879 bits per heavy atom. The number of rotatable bonds is 6. The number of benzene rings is 3. The molecule has 0 bridgehead atoms. The maximum atomic E-state index is 12.9. The van der Waals surface area contributed by atoms with E-state index in [4.69, 9.17) is 0 Å². The van der Waals surface area contributed by atoms with E-state index in [0.29, 0.717) is 29.2 Å². The molecule has 0 spiro atoms. The summed E-state index contributed by atoms with van der Waals surface area (Å²) in [6.07, 6.45) is 0.577. The highest BCUT2D eigenvalue weighted by molar-refractivity contribution is 7.14. The first-order chi connectivity index (χ1) is 16.1. The second kappa shape index (κ2) is 8.80. The summed E-state index contributed by atoms with van der Waals surface area (Å²) in [7, 11) is 0. The molecule has 0 aliphatic carbocycles. The predicted molar refractivity (Wildman–Crippen MR) is 127 cm³/mol. The Balaban J connectivity index is 1.30. The molecule has 162 valence electrons. The molecule has 0 radical (unpaired) electrons.